The number of aromatic nitrogens is 2. The molecule has 0 unspecified atom stereocenters. The van der Waals surface area contributed by atoms with Gasteiger partial charge >= 0.3 is 6.01 Å². The Kier molecular flexibility index (Phi) is 4.13. The fourth-order valence-corrected chi connectivity index (χ4v) is 3.92. The highest BCUT2D eigenvalue weighted by molar-refractivity contribution is 5.85. The van der Waals surface area contributed by atoms with Gasteiger partial charge in [0.1, 0.15) is 11.6 Å². The normalized spacial score (nSPS) is 19.6. The van der Waals surface area contributed by atoms with E-state index in [1.54, 1.807) is 11.8 Å². The highest BCUT2D eigenvalue weighted by Crippen LogP contribution is 2.42. The van der Waals surface area contributed by atoms with Crippen LogP contribution in [-0.4, -0.2) is 40.6 Å². The summed E-state index contributed by atoms with van der Waals surface area (Å²) in [6, 6.07) is 3.84. The molecule has 8 heteroatoms. The van der Waals surface area contributed by atoms with Crippen molar-refractivity contribution in [3.63, 3.8) is 0 Å². The molecule has 3 heterocycles. The van der Waals surface area contributed by atoms with Gasteiger partial charge in [0.15, 0.2) is 0 Å². The van der Waals surface area contributed by atoms with Crippen LogP contribution in [0.4, 0.5) is 14.8 Å². The molecule has 1 aromatic carbocycles. The summed E-state index contributed by atoms with van der Waals surface area (Å²) in [5.74, 6) is -0.435. The van der Waals surface area contributed by atoms with Crippen LogP contribution in [0.15, 0.2) is 22.6 Å². The minimum absolute atomic E-state index is 0.0301. The SMILES string of the molecule is Cc1nnc(N2CCC3(CCN(Cc4cc(F)ccc4F)C3=O)CC2)o1. The second kappa shape index (κ2) is 6.34. The first-order valence-electron chi connectivity index (χ1n) is 8.75. The highest BCUT2D eigenvalue weighted by Gasteiger charge is 2.48. The summed E-state index contributed by atoms with van der Waals surface area (Å²) >= 11 is 0. The highest BCUT2D eigenvalue weighted by atomic mass is 19.1. The lowest BCUT2D eigenvalue weighted by atomic mass is 9.77. The minimum atomic E-state index is -0.495. The first-order chi connectivity index (χ1) is 12.5. The van der Waals surface area contributed by atoms with Gasteiger partial charge in [0.25, 0.3) is 0 Å². The molecule has 0 atom stereocenters. The zero-order chi connectivity index (χ0) is 18.3. The molecular weight excluding hydrogens is 342 g/mol. The number of hydrogen-bond acceptors (Lipinski definition) is 5. The Balaban J connectivity index is 1.43. The number of hydrogen-bond donors (Lipinski definition) is 0. The summed E-state index contributed by atoms with van der Waals surface area (Å²) < 4.78 is 32.7. The van der Waals surface area contributed by atoms with Gasteiger partial charge in [-0.05, 0) is 37.5 Å². The lowest BCUT2D eigenvalue weighted by Gasteiger charge is -2.37. The van der Waals surface area contributed by atoms with Crippen LogP contribution in [0.3, 0.4) is 0 Å². The third-order valence-electron chi connectivity index (χ3n) is 5.48. The van der Waals surface area contributed by atoms with Crippen LogP contribution in [-0.2, 0) is 11.3 Å². The Bertz CT molecular complexity index is 830. The molecule has 2 aliphatic heterocycles. The number of piperidine rings is 1. The van der Waals surface area contributed by atoms with Crippen molar-refractivity contribution >= 4 is 11.9 Å². The van der Waals surface area contributed by atoms with Crippen LogP contribution in [0, 0.1) is 24.0 Å². The second-order valence-electron chi connectivity index (χ2n) is 7.08. The van der Waals surface area contributed by atoms with Crippen molar-refractivity contribution in [2.24, 2.45) is 5.41 Å². The largest absolute Gasteiger partial charge is 0.408 e. The lowest BCUT2D eigenvalue weighted by molar-refractivity contribution is -0.137. The van der Waals surface area contributed by atoms with Gasteiger partial charge in [-0.2, -0.15) is 0 Å². The van der Waals surface area contributed by atoms with Gasteiger partial charge < -0.3 is 14.2 Å². The maximum atomic E-state index is 13.9. The number of rotatable bonds is 3. The van der Waals surface area contributed by atoms with Gasteiger partial charge in [-0.3, -0.25) is 4.79 Å². The summed E-state index contributed by atoms with van der Waals surface area (Å²) in [7, 11) is 0. The van der Waals surface area contributed by atoms with Gasteiger partial charge in [0, 0.05) is 38.7 Å². The van der Waals surface area contributed by atoms with Crippen LogP contribution in [0.25, 0.3) is 0 Å². The molecule has 0 aliphatic carbocycles. The zero-order valence-electron chi connectivity index (χ0n) is 14.5. The summed E-state index contributed by atoms with van der Waals surface area (Å²) in [4.78, 5) is 16.6. The van der Waals surface area contributed by atoms with E-state index in [0.717, 1.165) is 24.6 Å². The monoisotopic (exact) mass is 362 g/mol. The second-order valence-corrected chi connectivity index (χ2v) is 7.08. The molecule has 6 nitrogen and oxygen atoms in total. The maximum Gasteiger partial charge on any atom is 0.318 e. The number of carbonyl (C=O) groups excluding carboxylic acids is 1. The predicted molar refractivity (Wildman–Crippen MR) is 89.3 cm³/mol. The fraction of sp³-hybridized carbons (Fsp3) is 0.500. The van der Waals surface area contributed by atoms with Gasteiger partial charge in [-0.25, -0.2) is 8.78 Å². The van der Waals surface area contributed by atoms with Crippen molar-refractivity contribution in [3.8, 4) is 0 Å². The molecule has 2 aromatic rings. The van der Waals surface area contributed by atoms with E-state index in [1.807, 2.05) is 4.90 Å². The topological polar surface area (TPSA) is 62.5 Å². The number of carbonyl (C=O) groups is 1. The number of nitrogens with zero attached hydrogens (tertiary/aromatic N) is 4. The predicted octanol–water partition coefficient (Wildman–Crippen LogP) is 2.68. The third kappa shape index (κ3) is 2.93. The van der Waals surface area contributed by atoms with Crippen molar-refractivity contribution in [1.82, 2.24) is 15.1 Å². The molecular formula is C18H20F2N4O2. The summed E-state index contributed by atoms with van der Waals surface area (Å²) in [6.07, 6.45) is 2.12. The van der Waals surface area contributed by atoms with E-state index in [9.17, 15) is 13.6 Å². The minimum Gasteiger partial charge on any atom is -0.408 e. The smallest absolute Gasteiger partial charge is 0.318 e. The third-order valence-corrected chi connectivity index (χ3v) is 5.48. The zero-order valence-corrected chi connectivity index (χ0v) is 14.5. The van der Waals surface area contributed by atoms with Crippen molar-refractivity contribution in [2.75, 3.05) is 24.5 Å². The van der Waals surface area contributed by atoms with Crippen LogP contribution < -0.4 is 4.90 Å². The Morgan fingerprint density at radius 2 is 1.88 bits per heavy atom. The van der Waals surface area contributed by atoms with Gasteiger partial charge in [-0.15, -0.1) is 5.10 Å². The quantitative estimate of drug-likeness (QED) is 0.840. The number of aryl methyl sites for hydroxylation is 1. The Hall–Kier alpha value is -2.51. The molecule has 138 valence electrons. The van der Waals surface area contributed by atoms with Crippen molar-refractivity contribution in [3.05, 3.63) is 41.3 Å². The van der Waals surface area contributed by atoms with E-state index in [1.165, 1.54) is 0 Å². The number of benzene rings is 1. The Morgan fingerprint density at radius 3 is 2.58 bits per heavy atom. The number of likely N-dealkylation sites (tertiary alicyclic amines) is 1. The van der Waals surface area contributed by atoms with E-state index >= 15 is 0 Å². The number of anilines is 1. The molecule has 4 rings (SSSR count). The Morgan fingerprint density at radius 1 is 1.15 bits per heavy atom. The Labute approximate surface area is 149 Å². The fourth-order valence-electron chi connectivity index (χ4n) is 3.92. The van der Waals surface area contributed by atoms with Crippen LogP contribution >= 0.6 is 0 Å². The first kappa shape index (κ1) is 16.9. The molecule has 0 radical (unpaired) electrons. The molecule has 1 spiro atoms. The van der Waals surface area contributed by atoms with Gasteiger partial charge in [-0.1, -0.05) is 5.10 Å². The van der Waals surface area contributed by atoms with Crippen molar-refractivity contribution < 1.29 is 18.0 Å². The van der Waals surface area contributed by atoms with E-state index < -0.39 is 17.0 Å². The molecule has 2 fully saturated rings. The number of halogens is 2. The molecule has 26 heavy (non-hydrogen) atoms. The van der Waals surface area contributed by atoms with Crippen molar-refractivity contribution in [1.29, 1.82) is 0 Å². The molecule has 2 aliphatic rings. The van der Waals surface area contributed by atoms with Crippen molar-refractivity contribution in [2.45, 2.75) is 32.7 Å². The standard InChI is InChI=1S/C18H20F2N4O2/c1-12-21-22-17(26-12)23-7-4-18(5-8-23)6-9-24(16(18)25)11-13-10-14(19)2-3-15(13)20/h2-3,10H,4-9,11H2,1H3. The van der Waals surface area contributed by atoms with E-state index in [-0.39, 0.29) is 18.0 Å². The van der Waals surface area contributed by atoms with Crippen LogP contribution in [0.5, 0.6) is 0 Å². The average Bonchev–Trinajstić information content (AvgIpc) is 3.18. The average molecular weight is 362 g/mol. The molecule has 0 saturated carbocycles. The molecule has 1 amide bonds. The summed E-state index contributed by atoms with van der Waals surface area (Å²) in [5.41, 5.74) is -0.204. The van der Waals surface area contributed by atoms with Gasteiger partial charge in [0.05, 0.1) is 5.41 Å². The van der Waals surface area contributed by atoms with E-state index in [0.29, 0.717) is 44.4 Å². The number of amides is 1. The van der Waals surface area contributed by atoms with E-state index in [2.05, 4.69) is 10.2 Å². The lowest BCUT2D eigenvalue weighted by Crippen LogP contribution is -2.44. The van der Waals surface area contributed by atoms with Crippen LogP contribution in [0.1, 0.15) is 30.7 Å². The summed E-state index contributed by atoms with van der Waals surface area (Å²) in [5, 5.41) is 7.87. The molecule has 1 aromatic heterocycles. The van der Waals surface area contributed by atoms with Gasteiger partial charge in [0.2, 0.25) is 11.8 Å². The van der Waals surface area contributed by atoms with Crippen LogP contribution in [0.2, 0.25) is 0 Å². The molecule has 0 bridgehead atoms. The molecule has 2 saturated heterocycles. The maximum absolute atomic E-state index is 13.9. The molecule has 0 N–H and O–H groups in total. The van der Waals surface area contributed by atoms with E-state index in [4.69, 9.17) is 4.42 Å². The summed E-state index contributed by atoms with van der Waals surface area (Å²) in [6.45, 7) is 3.74. The first-order valence-corrected chi connectivity index (χ1v) is 8.75.